The van der Waals surface area contributed by atoms with E-state index in [1.807, 2.05) is 32.0 Å². The van der Waals surface area contributed by atoms with E-state index in [1.165, 1.54) is 0 Å². The summed E-state index contributed by atoms with van der Waals surface area (Å²) < 4.78 is 1.80. The molecule has 1 aliphatic rings. The maximum Gasteiger partial charge on any atom is 0.261 e. The number of fused-ring (bicyclic) bond motifs is 2. The van der Waals surface area contributed by atoms with Crippen molar-refractivity contribution in [3.8, 4) is 0 Å². The summed E-state index contributed by atoms with van der Waals surface area (Å²) in [5, 5.41) is 3.54. The van der Waals surface area contributed by atoms with Gasteiger partial charge in [-0.3, -0.25) is 14.2 Å². The zero-order valence-corrected chi connectivity index (χ0v) is 15.7. The molecule has 4 rings (SSSR count). The van der Waals surface area contributed by atoms with Crippen molar-refractivity contribution >= 4 is 22.5 Å². The molecule has 1 aromatic heterocycles. The first-order valence-corrected chi connectivity index (χ1v) is 9.45. The lowest BCUT2D eigenvalue weighted by Crippen LogP contribution is -2.24. The van der Waals surface area contributed by atoms with E-state index >= 15 is 0 Å². The number of rotatable bonds is 2. The number of carbonyl (C=O) groups excluding carboxylic acids is 1. The minimum atomic E-state index is -0.192. The standard InChI is InChI=1S/C22H23N3O2/c1-14-7-6-8-18(15(14)2)24-21(26)16-10-11-17-19(13-16)23-20-9-4-3-5-12-25(20)22(17)27/h6-8,10-11,13H,3-5,9,12H2,1-2H3,(H,24,26). The molecule has 5 heteroatoms. The van der Waals surface area contributed by atoms with Crippen LogP contribution in [-0.2, 0) is 13.0 Å². The van der Waals surface area contributed by atoms with Crippen LogP contribution in [0.5, 0.6) is 0 Å². The highest BCUT2D eigenvalue weighted by atomic mass is 16.1. The van der Waals surface area contributed by atoms with Crippen LogP contribution in [0, 0.1) is 13.8 Å². The molecule has 5 nitrogen and oxygen atoms in total. The zero-order chi connectivity index (χ0) is 19.0. The Labute approximate surface area is 158 Å². The van der Waals surface area contributed by atoms with Crippen LogP contribution in [-0.4, -0.2) is 15.5 Å². The van der Waals surface area contributed by atoms with Crippen LogP contribution in [0.3, 0.4) is 0 Å². The van der Waals surface area contributed by atoms with Gasteiger partial charge in [0, 0.05) is 24.2 Å². The number of carbonyl (C=O) groups is 1. The summed E-state index contributed by atoms with van der Waals surface area (Å²) in [5.41, 5.74) is 4.08. The maximum atomic E-state index is 12.8. The number of amides is 1. The van der Waals surface area contributed by atoms with Crippen LogP contribution in [0.15, 0.2) is 41.2 Å². The van der Waals surface area contributed by atoms with E-state index in [4.69, 9.17) is 4.98 Å². The molecule has 3 aromatic rings. The molecule has 1 amide bonds. The van der Waals surface area contributed by atoms with Crippen LogP contribution >= 0.6 is 0 Å². The van der Waals surface area contributed by atoms with Crippen molar-refractivity contribution < 1.29 is 4.79 Å². The Hall–Kier alpha value is -2.95. The molecule has 0 aliphatic carbocycles. The summed E-state index contributed by atoms with van der Waals surface area (Å²) in [6, 6.07) is 11.0. The van der Waals surface area contributed by atoms with Crippen molar-refractivity contribution in [1.29, 1.82) is 0 Å². The molecule has 0 unspecified atom stereocenters. The van der Waals surface area contributed by atoms with Crippen molar-refractivity contribution in [3.63, 3.8) is 0 Å². The number of hydrogen-bond acceptors (Lipinski definition) is 3. The molecule has 0 saturated carbocycles. The van der Waals surface area contributed by atoms with Gasteiger partial charge >= 0.3 is 0 Å². The third-order valence-corrected chi connectivity index (χ3v) is 5.43. The minimum Gasteiger partial charge on any atom is -0.322 e. The molecule has 0 bridgehead atoms. The molecule has 0 radical (unpaired) electrons. The third kappa shape index (κ3) is 3.25. The number of benzene rings is 2. The fourth-order valence-corrected chi connectivity index (χ4v) is 3.64. The Morgan fingerprint density at radius 2 is 1.96 bits per heavy atom. The molecule has 2 heterocycles. The first kappa shape index (κ1) is 17.5. The fraction of sp³-hybridized carbons (Fsp3) is 0.318. The first-order chi connectivity index (χ1) is 13.0. The van der Waals surface area contributed by atoms with E-state index in [1.54, 1.807) is 22.8 Å². The molecular formula is C22H23N3O2. The van der Waals surface area contributed by atoms with Gasteiger partial charge in [0.2, 0.25) is 0 Å². The molecule has 0 atom stereocenters. The van der Waals surface area contributed by atoms with E-state index in [-0.39, 0.29) is 11.5 Å². The van der Waals surface area contributed by atoms with Gasteiger partial charge in [-0.2, -0.15) is 0 Å². The number of nitrogens with zero attached hydrogens (tertiary/aromatic N) is 2. The lowest BCUT2D eigenvalue weighted by atomic mass is 10.1. The van der Waals surface area contributed by atoms with Crippen molar-refractivity contribution in [2.45, 2.75) is 46.1 Å². The zero-order valence-electron chi connectivity index (χ0n) is 15.7. The summed E-state index contributed by atoms with van der Waals surface area (Å²) in [5.74, 6) is 0.638. The largest absolute Gasteiger partial charge is 0.322 e. The Kier molecular flexibility index (Phi) is 4.52. The summed E-state index contributed by atoms with van der Waals surface area (Å²) >= 11 is 0. The van der Waals surface area contributed by atoms with E-state index in [2.05, 4.69) is 5.32 Å². The number of aromatic nitrogens is 2. The highest BCUT2D eigenvalue weighted by Gasteiger charge is 2.15. The van der Waals surface area contributed by atoms with Gasteiger partial charge in [0.05, 0.1) is 10.9 Å². The van der Waals surface area contributed by atoms with Crippen molar-refractivity contribution in [2.75, 3.05) is 5.32 Å². The van der Waals surface area contributed by atoms with Crippen LogP contribution in [0.1, 0.15) is 46.6 Å². The Bertz CT molecular complexity index is 1100. The van der Waals surface area contributed by atoms with Gasteiger partial charge < -0.3 is 5.32 Å². The molecular weight excluding hydrogens is 338 g/mol. The van der Waals surface area contributed by atoms with Crippen LogP contribution in [0.2, 0.25) is 0 Å². The predicted molar refractivity (Wildman–Crippen MR) is 107 cm³/mol. The Balaban J connectivity index is 1.72. The van der Waals surface area contributed by atoms with Gasteiger partial charge in [0.1, 0.15) is 5.82 Å². The Morgan fingerprint density at radius 1 is 1.11 bits per heavy atom. The monoisotopic (exact) mass is 361 g/mol. The average molecular weight is 361 g/mol. The van der Waals surface area contributed by atoms with Crippen molar-refractivity contribution in [1.82, 2.24) is 9.55 Å². The summed E-state index contributed by atoms with van der Waals surface area (Å²) in [4.78, 5) is 30.2. The number of anilines is 1. The second kappa shape index (κ2) is 6.99. The van der Waals surface area contributed by atoms with E-state index in [0.717, 1.165) is 54.9 Å². The highest BCUT2D eigenvalue weighted by Crippen LogP contribution is 2.20. The fourth-order valence-electron chi connectivity index (χ4n) is 3.64. The smallest absolute Gasteiger partial charge is 0.261 e. The minimum absolute atomic E-state index is 0.00149. The number of aryl methyl sites for hydroxylation is 2. The van der Waals surface area contributed by atoms with Gasteiger partial charge in [-0.15, -0.1) is 0 Å². The van der Waals surface area contributed by atoms with Gasteiger partial charge in [0.15, 0.2) is 0 Å². The second-order valence-corrected chi connectivity index (χ2v) is 7.23. The Morgan fingerprint density at radius 3 is 2.81 bits per heavy atom. The lowest BCUT2D eigenvalue weighted by molar-refractivity contribution is 0.102. The summed E-state index contributed by atoms with van der Waals surface area (Å²) in [6.07, 6.45) is 3.98. The number of nitrogens with one attached hydrogen (secondary N) is 1. The summed E-state index contributed by atoms with van der Waals surface area (Å²) in [7, 11) is 0. The molecule has 0 fully saturated rings. The quantitative estimate of drug-likeness (QED) is 0.750. The molecule has 2 aromatic carbocycles. The topological polar surface area (TPSA) is 64.0 Å². The van der Waals surface area contributed by atoms with Crippen LogP contribution < -0.4 is 10.9 Å². The SMILES string of the molecule is Cc1cccc(NC(=O)c2ccc3c(=O)n4c(nc3c2)CCCCC4)c1C. The van der Waals surface area contributed by atoms with E-state index in [0.29, 0.717) is 16.5 Å². The van der Waals surface area contributed by atoms with E-state index in [9.17, 15) is 9.59 Å². The van der Waals surface area contributed by atoms with Gasteiger partial charge in [-0.05, 0) is 62.1 Å². The number of hydrogen-bond donors (Lipinski definition) is 1. The van der Waals surface area contributed by atoms with Crippen LogP contribution in [0.4, 0.5) is 5.69 Å². The first-order valence-electron chi connectivity index (χ1n) is 9.45. The van der Waals surface area contributed by atoms with Crippen LogP contribution in [0.25, 0.3) is 10.9 Å². The van der Waals surface area contributed by atoms with Gasteiger partial charge in [-0.1, -0.05) is 18.6 Å². The molecule has 0 saturated heterocycles. The summed E-state index contributed by atoms with van der Waals surface area (Å²) in [6.45, 7) is 4.74. The molecule has 0 spiro atoms. The molecule has 138 valence electrons. The molecule has 27 heavy (non-hydrogen) atoms. The molecule has 1 aliphatic heterocycles. The maximum absolute atomic E-state index is 12.8. The van der Waals surface area contributed by atoms with Gasteiger partial charge in [-0.25, -0.2) is 4.98 Å². The van der Waals surface area contributed by atoms with Gasteiger partial charge in [0.25, 0.3) is 11.5 Å². The van der Waals surface area contributed by atoms with Crippen molar-refractivity contribution in [2.24, 2.45) is 0 Å². The van der Waals surface area contributed by atoms with E-state index < -0.39 is 0 Å². The third-order valence-electron chi connectivity index (χ3n) is 5.43. The van der Waals surface area contributed by atoms with Crippen molar-refractivity contribution in [3.05, 3.63) is 69.3 Å². The lowest BCUT2D eigenvalue weighted by Gasteiger charge is -2.12. The predicted octanol–water partition coefficient (Wildman–Crippen LogP) is 3.99. The second-order valence-electron chi connectivity index (χ2n) is 7.23. The molecule has 1 N–H and O–H groups in total. The highest BCUT2D eigenvalue weighted by molar-refractivity contribution is 6.06. The normalized spacial score (nSPS) is 13.9. The average Bonchev–Trinajstić information content (AvgIpc) is 2.91.